The van der Waals surface area contributed by atoms with Crippen molar-refractivity contribution in [3.63, 3.8) is 0 Å². The SMILES string of the molecule is CCC1COc2ccc([N+](=O)[O-])c(CC(=O)O)c2O1. The molecule has 1 aliphatic rings. The van der Waals surface area contributed by atoms with Gasteiger partial charge in [0.15, 0.2) is 11.5 Å². The van der Waals surface area contributed by atoms with Gasteiger partial charge in [-0.3, -0.25) is 14.9 Å². The Balaban J connectivity index is 2.51. The van der Waals surface area contributed by atoms with Crippen LogP contribution in [0, 0.1) is 10.1 Å². The van der Waals surface area contributed by atoms with Gasteiger partial charge in [0.1, 0.15) is 12.7 Å². The first-order valence-corrected chi connectivity index (χ1v) is 5.84. The van der Waals surface area contributed by atoms with Crippen molar-refractivity contribution in [2.75, 3.05) is 6.61 Å². The number of ether oxygens (including phenoxy) is 2. The molecule has 2 rings (SSSR count). The number of fused-ring (bicyclic) bond motifs is 1. The molecular formula is C12H13NO6. The highest BCUT2D eigenvalue weighted by Crippen LogP contribution is 2.40. The Morgan fingerprint density at radius 2 is 2.32 bits per heavy atom. The van der Waals surface area contributed by atoms with E-state index in [1.54, 1.807) is 0 Å². The van der Waals surface area contributed by atoms with Gasteiger partial charge in [-0.05, 0) is 12.5 Å². The third-order valence-corrected chi connectivity index (χ3v) is 2.89. The molecule has 1 aliphatic heterocycles. The van der Waals surface area contributed by atoms with Crippen molar-refractivity contribution >= 4 is 11.7 Å². The van der Waals surface area contributed by atoms with Gasteiger partial charge in [0.25, 0.3) is 5.69 Å². The van der Waals surface area contributed by atoms with E-state index in [0.29, 0.717) is 18.8 Å². The molecule has 0 bridgehead atoms. The summed E-state index contributed by atoms with van der Waals surface area (Å²) in [5.41, 5.74) is -0.213. The van der Waals surface area contributed by atoms with Crippen molar-refractivity contribution in [3.8, 4) is 11.5 Å². The maximum Gasteiger partial charge on any atom is 0.308 e. The number of nitro groups is 1. The van der Waals surface area contributed by atoms with Crippen LogP contribution in [0.25, 0.3) is 0 Å². The molecule has 0 aliphatic carbocycles. The van der Waals surface area contributed by atoms with Crippen LogP contribution in [0.5, 0.6) is 11.5 Å². The summed E-state index contributed by atoms with van der Waals surface area (Å²) < 4.78 is 11.1. The zero-order valence-electron chi connectivity index (χ0n) is 10.3. The fourth-order valence-corrected chi connectivity index (χ4v) is 1.92. The maximum absolute atomic E-state index is 11.0. The monoisotopic (exact) mass is 267 g/mol. The summed E-state index contributed by atoms with van der Waals surface area (Å²) in [4.78, 5) is 21.2. The predicted molar refractivity (Wildman–Crippen MR) is 64.6 cm³/mol. The van der Waals surface area contributed by atoms with Gasteiger partial charge >= 0.3 is 5.97 Å². The minimum Gasteiger partial charge on any atom is -0.486 e. The van der Waals surface area contributed by atoms with Crippen molar-refractivity contribution < 1.29 is 24.3 Å². The summed E-state index contributed by atoms with van der Waals surface area (Å²) in [7, 11) is 0. The largest absolute Gasteiger partial charge is 0.486 e. The number of carbonyl (C=O) groups is 1. The Labute approximate surface area is 108 Å². The summed E-state index contributed by atoms with van der Waals surface area (Å²) in [5, 5.41) is 19.8. The minimum atomic E-state index is -1.15. The molecule has 7 heteroatoms. The second-order valence-electron chi connectivity index (χ2n) is 4.18. The van der Waals surface area contributed by atoms with Gasteiger partial charge in [0.2, 0.25) is 0 Å². The van der Waals surface area contributed by atoms with Gasteiger partial charge in [-0.1, -0.05) is 6.92 Å². The first kappa shape index (κ1) is 13.1. The van der Waals surface area contributed by atoms with E-state index >= 15 is 0 Å². The topological polar surface area (TPSA) is 98.9 Å². The number of carboxylic acid groups (broad SMARTS) is 1. The third-order valence-electron chi connectivity index (χ3n) is 2.89. The van der Waals surface area contributed by atoms with Gasteiger partial charge in [-0.15, -0.1) is 0 Å². The molecule has 1 aromatic rings. The van der Waals surface area contributed by atoms with Gasteiger partial charge in [0, 0.05) is 6.07 Å². The van der Waals surface area contributed by atoms with Crippen molar-refractivity contribution in [2.24, 2.45) is 0 Å². The van der Waals surface area contributed by atoms with Crippen LogP contribution in [0.1, 0.15) is 18.9 Å². The fraction of sp³-hybridized carbons (Fsp3) is 0.417. The molecule has 19 heavy (non-hydrogen) atoms. The van der Waals surface area contributed by atoms with Gasteiger partial charge in [0.05, 0.1) is 16.9 Å². The first-order chi connectivity index (χ1) is 9.02. The van der Waals surface area contributed by atoms with E-state index in [9.17, 15) is 14.9 Å². The summed E-state index contributed by atoms with van der Waals surface area (Å²) >= 11 is 0. The Kier molecular flexibility index (Phi) is 3.55. The Bertz CT molecular complexity index is 527. The first-order valence-electron chi connectivity index (χ1n) is 5.84. The van der Waals surface area contributed by atoms with E-state index in [4.69, 9.17) is 14.6 Å². The molecule has 0 aromatic heterocycles. The second-order valence-corrected chi connectivity index (χ2v) is 4.18. The number of hydrogen-bond acceptors (Lipinski definition) is 5. The smallest absolute Gasteiger partial charge is 0.308 e. The van der Waals surface area contributed by atoms with Crippen molar-refractivity contribution in [3.05, 3.63) is 27.8 Å². The molecule has 0 saturated heterocycles. The van der Waals surface area contributed by atoms with Gasteiger partial charge in [-0.2, -0.15) is 0 Å². The standard InChI is InChI=1S/C12H13NO6/c1-2-7-6-18-10-4-3-9(13(16)17)8(5-11(14)15)12(10)19-7/h3-4,7H,2,5-6H2,1H3,(H,14,15). The average molecular weight is 267 g/mol. The highest BCUT2D eigenvalue weighted by atomic mass is 16.6. The average Bonchev–Trinajstić information content (AvgIpc) is 2.37. The van der Waals surface area contributed by atoms with Crippen LogP contribution in [0.4, 0.5) is 5.69 Å². The predicted octanol–water partition coefficient (Wildman–Crippen LogP) is 1.77. The summed E-state index contributed by atoms with van der Waals surface area (Å²) in [6, 6.07) is 2.68. The summed E-state index contributed by atoms with van der Waals surface area (Å²) in [6.07, 6.45) is -0.0180. The lowest BCUT2D eigenvalue weighted by molar-refractivity contribution is -0.385. The lowest BCUT2D eigenvalue weighted by Gasteiger charge is -2.27. The molecule has 1 heterocycles. The molecule has 0 saturated carbocycles. The molecule has 1 unspecified atom stereocenters. The lowest BCUT2D eigenvalue weighted by Crippen LogP contribution is -2.29. The number of rotatable bonds is 4. The van der Waals surface area contributed by atoms with Crippen LogP contribution in [0.2, 0.25) is 0 Å². The van der Waals surface area contributed by atoms with E-state index in [-0.39, 0.29) is 23.1 Å². The molecule has 0 amide bonds. The zero-order valence-corrected chi connectivity index (χ0v) is 10.3. The van der Waals surface area contributed by atoms with Crippen molar-refractivity contribution in [2.45, 2.75) is 25.9 Å². The highest BCUT2D eigenvalue weighted by Gasteiger charge is 2.29. The van der Waals surface area contributed by atoms with Gasteiger partial charge < -0.3 is 14.6 Å². The molecule has 1 N–H and O–H groups in total. The van der Waals surface area contributed by atoms with E-state index in [0.717, 1.165) is 0 Å². The number of nitro benzene ring substituents is 1. The van der Waals surface area contributed by atoms with Crippen LogP contribution in [-0.2, 0) is 11.2 Å². The number of benzene rings is 1. The third kappa shape index (κ3) is 2.59. The summed E-state index contributed by atoms with van der Waals surface area (Å²) in [5.74, 6) is -0.625. The Hall–Kier alpha value is -2.31. The molecule has 7 nitrogen and oxygen atoms in total. The number of hydrogen-bond donors (Lipinski definition) is 1. The molecule has 102 valence electrons. The van der Waals surface area contributed by atoms with Crippen LogP contribution in [0.15, 0.2) is 12.1 Å². The molecular weight excluding hydrogens is 254 g/mol. The van der Waals surface area contributed by atoms with E-state index in [2.05, 4.69) is 0 Å². The fourth-order valence-electron chi connectivity index (χ4n) is 1.92. The molecule has 0 fully saturated rings. The summed E-state index contributed by atoms with van der Waals surface area (Å²) in [6.45, 7) is 2.25. The lowest BCUT2D eigenvalue weighted by atomic mass is 10.1. The molecule has 1 atom stereocenters. The Morgan fingerprint density at radius 3 is 2.89 bits per heavy atom. The van der Waals surface area contributed by atoms with E-state index < -0.39 is 17.3 Å². The number of aliphatic carboxylic acids is 1. The highest BCUT2D eigenvalue weighted by molar-refractivity contribution is 5.75. The van der Waals surface area contributed by atoms with E-state index in [1.807, 2.05) is 6.92 Å². The van der Waals surface area contributed by atoms with Crippen LogP contribution >= 0.6 is 0 Å². The van der Waals surface area contributed by atoms with Crippen LogP contribution in [-0.4, -0.2) is 28.7 Å². The van der Waals surface area contributed by atoms with Crippen molar-refractivity contribution in [1.29, 1.82) is 0 Å². The second kappa shape index (κ2) is 5.13. The normalized spacial score (nSPS) is 17.0. The molecule has 0 spiro atoms. The van der Waals surface area contributed by atoms with E-state index in [1.165, 1.54) is 12.1 Å². The molecule has 1 aromatic carbocycles. The van der Waals surface area contributed by atoms with Gasteiger partial charge in [-0.25, -0.2) is 0 Å². The van der Waals surface area contributed by atoms with Crippen LogP contribution < -0.4 is 9.47 Å². The zero-order chi connectivity index (χ0) is 14.0. The number of carboxylic acids is 1. The molecule has 0 radical (unpaired) electrons. The number of nitrogens with zero attached hydrogens (tertiary/aromatic N) is 1. The minimum absolute atomic E-state index is 0.0492. The maximum atomic E-state index is 11.0. The van der Waals surface area contributed by atoms with Crippen LogP contribution in [0.3, 0.4) is 0 Å². The van der Waals surface area contributed by atoms with Crippen molar-refractivity contribution in [1.82, 2.24) is 0 Å². The Morgan fingerprint density at radius 1 is 1.58 bits per heavy atom. The quantitative estimate of drug-likeness (QED) is 0.659.